The largest absolute Gasteiger partial charge is 0.478 e. The lowest BCUT2D eigenvalue weighted by atomic mass is 10.1. The minimum Gasteiger partial charge on any atom is -0.478 e. The number of anilines is 2. The lowest BCUT2D eigenvalue weighted by Gasteiger charge is -2.25. The summed E-state index contributed by atoms with van der Waals surface area (Å²) in [5.41, 5.74) is 2.30. The molecule has 0 atom stereocenters. The van der Waals surface area contributed by atoms with Gasteiger partial charge in [0, 0.05) is 12.2 Å². The summed E-state index contributed by atoms with van der Waals surface area (Å²) in [6.07, 6.45) is 0. The van der Waals surface area contributed by atoms with Crippen LogP contribution in [0.4, 0.5) is 15.8 Å². The minimum absolute atomic E-state index is 0.219. The van der Waals surface area contributed by atoms with Crippen LogP contribution in [0.15, 0.2) is 42.5 Å². The van der Waals surface area contributed by atoms with Crippen molar-refractivity contribution in [3.05, 3.63) is 59.4 Å². The van der Waals surface area contributed by atoms with Crippen LogP contribution in [0.1, 0.15) is 22.8 Å². The highest BCUT2D eigenvalue weighted by atomic mass is 19.1. The topological polar surface area (TPSA) is 40.5 Å². The van der Waals surface area contributed by atoms with E-state index < -0.39 is 5.97 Å². The van der Waals surface area contributed by atoms with Crippen LogP contribution in [0.2, 0.25) is 0 Å². The van der Waals surface area contributed by atoms with Crippen molar-refractivity contribution < 1.29 is 14.3 Å². The molecule has 1 N–H and O–H groups in total. The fourth-order valence-electron chi connectivity index (χ4n) is 2.19. The van der Waals surface area contributed by atoms with Gasteiger partial charge in [0.25, 0.3) is 0 Å². The summed E-state index contributed by atoms with van der Waals surface area (Å²) < 4.78 is 13.4. The quantitative estimate of drug-likeness (QED) is 0.915. The van der Waals surface area contributed by atoms with Crippen LogP contribution >= 0.6 is 0 Å². The lowest BCUT2D eigenvalue weighted by molar-refractivity contribution is 0.0697. The van der Waals surface area contributed by atoms with Crippen molar-refractivity contribution in [2.24, 2.45) is 0 Å². The second kappa shape index (κ2) is 5.74. The Morgan fingerprint density at radius 1 is 1.25 bits per heavy atom. The standard InChI is InChI=1S/C16H16FNO2/c1-3-18(13-6-4-5-12(17)10-13)15-8-7-11(2)9-14(15)16(19)20/h4-10H,3H2,1-2H3,(H,19,20). The van der Waals surface area contributed by atoms with E-state index in [1.807, 2.05) is 19.9 Å². The molecule has 0 unspecified atom stereocenters. The maximum Gasteiger partial charge on any atom is 0.337 e. The average Bonchev–Trinajstić information content (AvgIpc) is 2.41. The third kappa shape index (κ3) is 2.79. The molecule has 104 valence electrons. The van der Waals surface area contributed by atoms with Crippen LogP contribution in [-0.4, -0.2) is 17.6 Å². The Balaban J connectivity index is 2.55. The normalized spacial score (nSPS) is 10.3. The van der Waals surface area contributed by atoms with Gasteiger partial charge in [-0.15, -0.1) is 0 Å². The Hall–Kier alpha value is -2.36. The molecule has 3 nitrogen and oxygen atoms in total. The van der Waals surface area contributed by atoms with E-state index in [1.165, 1.54) is 12.1 Å². The first-order chi connectivity index (χ1) is 9.52. The Labute approximate surface area is 117 Å². The van der Waals surface area contributed by atoms with E-state index >= 15 is 0 Å². The molecule has 2 rings (SSSR count). The Morgan fingerprint density at radius 3 is 2.60 bits per heavy atom. The zero-order chi connectivity index (χ0) is 14.7. The first-order valence-electron chi connectivity index (χ1n) is 6.40. The van der Waals surface area contributed by atoms with Crippen LogP contribution in [-0.2, 0) is 0 Å². The van der Waals surface area contributed by atoms with Crippen LogP contribution < -0.4 is 4.90 Å². The molecule has 0 saturated carbocycles. The SMILES string of the molecule is CCN(c1cccc(F)c1)c1ccc(C)cc1C(=O)O. The predicted molar refractivity (Wildman–Crippen MR) is 77.2 cm³/mol. The summed E-state index contributed by atoms with van der Waals surface area (Å²) in [7, 11) is 0. The zero-order valence-electron chi connectivity index (χ0n) is 11.4. The predicted octanol–water partition coefficient (Wildman–Crippen LogP) is 3.99. The molecule has 0 bridgehead atoms. The smallest absolute Gasteiger partial charge is 0.337 e. The summed E-state index contributed by atoms with van der Waals surface area (Å²) in [5.74, 6) is -1.33. The minimum atomic E-state index is -0.987. The Kier molecular flexibility index (Phi) is 4.03. The number of benzene rings is 2. The van der Waals surface area contributed by atoms with Gasteiger partial charge in [-0.1, -0.05) is 17.7 Å². The van der Waals surface area contributed by atoms with E-state index in [9.17, 15) is 14.3 Å². The second-order valence-corrected chi connectivity index (χ2v) is 4.55. The number of hydrogen-bond donors (Lipinski definition) is 1. The lowest BCUT2D eigenvalue weighted by Crippen LogP contribution is -2.19. The molecule has 0 aliphatic carbocycles. The Bertz CT molecular complexity index is 640. The van der Waals surface area contributed by atoms with E-state index in [-0.39, 0.29) is 11.4 Å². The molecule has 0 amide bonds. The highest BCUT2D eigenvalue weighted by molar-refractivity contribution is 5.95. The maximum absolute atomic E-state index is 13.4. The average molecular weight is 273 g/mol. The first-order valence-corrected chi connectivity index (χ1v) is 6.40. The summed E-state index contributed by atoms with van der Waals surface area (Å²) in [4.78, 5) is 13.2. The van der Waals surface area contributed by atoms with Gasteiger partial charge in [0.2, 0.25) is 0 Å². The van der Waals surface area contributed by atoms with Gasteiger partial charge in [-0.05, 0) is 44.2 Å². The number of aryl methyl sites for hydroxylation is 1. The van der Waals surface area contributed by atoms with Gasteiger partial charge in [-0.2, -0.15) is 0 Å². The summed E-state index contributed by atoms with van der Waals surface area (Å²) in [5, 5.41) is 9.34. The third-order valence-electron chi connectivity index (χ3n) is 3.11. The molecule has 0 spiro atoms. The van der Waals surface area contributed by atoms with E-state index in [1.54, 1.807) is 29.2 Å². The van der Waals surface area contributed by atoms with Crippen molar-refractivity contribution in [3.8, 4) is 0 Å². The van der Waals surface area contributed by atoms with Crippen molar-refractivity contribution >= 4 is 17.3 Å². The summed E-state index contributed by atoms with van der Waals surface area (Å²) >= 11 is 0. The molecular formula is C16H16FNO2. The van der Waals surface area contributed by atoms with Crippen LogP contribution in [0.3, 0.4) is 0 Å². The maximum atomic E-state index is 13.4. The molecule has 0 aliphatic rings. The molecule has 4 heteroatoms. The molecule has 0 aliphatic heterocycles. The van der Waals surface area contributed by atoms with E-state index in [4.69, 9.17) is 0 Å². The van der Waals surface area contributed by atoms with Crippen LogP contribution in [0.5, 0.6) is 0 Å². The van der Waals surface area contributed by atoms with E-state index in [0.717, 1.165) is 5.56 Å². The molecule has 0 aromatic heterocycles. The molecule has 0 saturated heterocycles. The third-order valence-corrected chi connectivity index (χ3v) is 3.11. The van der Waals surface area contributed by atoms with Crippen LogP contribution in [0, 0.1) is 12.7 Å². The van der Waals surface area contributed by atoms with Crippen molar-refractivity contribution in [2.75, 3.05) is 11.4 Å². The van der Waals surface area contributed by atoms with Gasteiger partial charge in [0.1, 0.15) is 5.82 Å². The van der Waals surface area contributed by atoms with Gasteiger partial charge < -0.3 is 10.0 Å². The highest BCUT2D eigenvalue weighted by Gasteiger charge is 2.16. The summed E-state index contributed by atoms with van der Waals surface area (Å²) in [6, 6.07) is 11.4. The second-order valence-electron chi connectivity index (χ2n) is 4.55. The molecule has 2 aromatic carbocycles. The number of rotatable bonds is 4. The number of aromatic carboxylic acids is 1. The van der Waals surface area contributed by atoms with Gasteiger partial charge >= 0.3 is 5.97 Å². The van der Waals surface area contributed by atoms with Gasteiger partial charge in [0.15, 0.2) is 0 Å². The number of hydrogen-bond acceptors (Lipinski definition) is 2. The van der Waals surface area contributed by atoms with E-state index in [2.05, 4.69) is 0 Å². The number of carboxylic acids is 1. The molecular weight excluding hydrogens is 257 g/mol. The van der Waals surface area contributed by atoms with Crippen molar-refractivity contribution in [1.29, 1.82) is 0 Å². The van der Waals surface area contributed by atoms with Crippen molar-refractivity contribution in [1.82, 2.24) is 0 Å². The fourth-order valence-corrected chi connectivity index (χ4v) is 2.19. The van der Waals surface area contributed by atoms with E-state index in [0.29, 0.717) is 17.9 Å². The molecule has 0 fully saturated rings. The molecule has 0 heterocycles. The van der Waals surface area contributed by atoms with Gasteiger partial charge in [-0.25, -0.2) is 9.18 Å². The summed E-state index contributed by atoms with van der Waals surface area (Å²) in [6.45, 7) is 4.29. The highest BCUT2D eigenvalue weighted by Crippen LogP contribution is 2.29. The zero-order valence-corrected chi connectivity index (χ0v) is 11.4. The molecule has 0 radical (unpaired) electrons. The van der Waals surface area contributed by atoms with Crippen molar-refractivity contribution in [3.63, 3.8) is 0 Å². The molecule has 2 aromatic rings. The Morgan fingerprint density at radius 2 is 2.00 bits per heavy atom. The monoisotopic (exact) mass is 273 g/mol. The number of carboxylic acid groups (broad SMARTS) is 1. The first kappa shape index (κ1) is 14.1. The van der Waals surface area contributed by atoms with Crippen LogP contribution in [0.25, 0.3) is 0 Å². The number of nitrogens with zero attached hydrogens (tertiary/aromatic N) is 1. The number of carbonyl (C=O) groups is 1. The number of halogens is 1. The molecule has 20 heavy (non-hydrogen) atoms. The van der Waals surface area contributed by atoms with Crippen molar-refractivity contribution in [2.45, 2.75) is 13.8 Å². The van der Waals surface area contributed by atoms with Gasteiger partial charge in [-0.3, -0.25) is 0 Å². The van der Waals surface area contributed by atoms with Gasteiger partial charge in [0.05, 0.1) is 11.3 Å². The fraction of sp³-hybridized carbons (Fsp3) is 0.188.